The number of alkyl halides is 1. The summed E-state index contributed by atoms with van der Waals surface area (Å²) in [5.41, 5.74) is 2.96. The largest absolute Gasteiger partial charge is 0.439 e. The fraction of sp³-hybridized carbons (Fsp3) is 0.214. The monoisotopic (exact) mass is 325 g/mol. The Hall–Kier alpha value is -1.06. The second-order valence-electron chi connectivity index (χ2n) is 4.05. The molecule has 0 N–H and O–H groups in total. The van der Waals surface area contributed by atoms with E-state index in [1.165, 1.54) is 0 Å². The van der Waals surface area contributed by atoms with Gasteiger partial charge in [-0.2, -0.15) is 0 Å². The van der Waals surface area contributed by atoms with Crippen LogP contribution in [0.15, 0.2) is 34.8 Å². The van der Waals surface area contributed by atoms with Gasteiger partial charge in [-0.3, -0.25) is 0 Å². The van der Waals surface area contributed by atoms with Gasteiger partial charge >= 0.3 is 0 Å². The van der Waals surface area contributed by atoms with Crippen LogP contribution in [-0.4, -0.2) is 4.98 Å². The smallest absolute Gasteiger partial charge is 0.224 e. The van der Waals surface area contributed by atoms with Crippen molar-refractivity contribution in [3.05, 3.63) is 51.6 Å². The molecule has 0 bridgehead atoms. The Balaban J connectivity index is 2.36. The lowest BCUT2D eigenvalue weighted by Gasteiger charge is -2.11. The summed E-state index contributed by atoms with van der Waals surface area (Å²) < 4.78 is 6.82. The van der Waals surface area contributed by atoms with Gasteiger partial charge in [0, 0.05) is 15.7 Å². The van der Waals surface area contributed by atoms with Crippen molar-refractivity contribution < 1.29 is 4.74 Å². The predicted molar refractivity (Wildman–Crippen MR) is 77.5 cm³/mol. The molecule has 2 nitrogen and oxygen atoms in total. The van der Waals surface area contributed by atoms with Crippen LogP contribution in [0.4, 0.5) is 0 Å². The number of aryl methyl sites for hydroxylation is 2. The van der Waals surface area contributed by atoms with Crippen LogP contribution >= 0.6 is 27.5 Å². The third kappa shape index (κ3) is 3.03. The lowest BCUT2D eigenvalue weighted by atomic mass is 10.1. The summed E-state index contributed by atoms with van der Waals surface area (Å²) in [5.74, 6) is 1.73. The normalized spacial score (nSPS) is 10.4. The summed E-state index contributed by atoms with van der Waals surface area (Å²) in [6.45, 7) is 3.96. The number of nitrogens with zero attached hydrogens (tertiary/aromatic N) is 1. The zero-order valence-corrected chi connectivity index (χ0v) is 12.5. The van der Waals surface area contributed by atoms with Crippen LogP contribution in [0.2, 0.25) is 0 Å². The molecule has 2 rings (SSSR count). The first-order chi connectivity index (χ1) is 8.60. The summed E-state index contributed by atoms with van der Waals surface area (Å²) in [5, 5.41) is 0. The summed E-state index contributed by atoms with van der Waals surface area (Å²) in [7, 11) is 0. The Morgan fingerprint density at radius 2 is 1.89 bits per heavy atom. The lowest BCUT2D eigenvalue weighted by molar-refractivity contribution is 0.456. The molecule has 0 aliphatic heterocycles. The van der Waals surface area contributed by atoms with Crippen molar-refractivity contribution >= 4 is 27.5 Å². The van der Waals surface area contributed by atoms with Gasteiger partial charge in [0.15, 0.2) is 0 Å². The number of halogens is 2. The van der Waals surface area contributed by atoms with Crippen LogP contribution in [0.1, 0.15) is 16.8 Å². The van der Waals surface area contributed by atoms with E-state index in [-0.39, 0.29) is 0 Å². The molecule has 1 aromatic carbocycles. The summed E-state index contributed by atoms with van der Waals surface area (Å²) in [4.78, 5) is 4.40. The zero-order valence-electron chi connectivity index (χ0n) is 10.2. The molecule has 0 atom stereocenters. The average Bonchev–Trinajstić information content (AvgIpc) is 2.32. The quantitative estimate of drug-likeness (QED) is 0.741. The Morgan fingerprint density at radius 1 is 1.22 bits per heavy atom. The SMILES string of the molecule is Cc1cc(C)c(CCl)c(Oc2ccc(Br)cc2)n1. The number of ether oxygens (including phenoxy) is 1. The summed E-state index contributed by atoms with van der Waals surface area (Å²) in [6, 6.07) is 9.64. The zero-order chi connectivity index (χ0) is 13.1. The van der Waals surface area contributed by atoms with Gasteiger partial charge in [0.2, 0.25) is 5.88 Å². The Bertz CT molecular complexity index is 554. The van der Waals surface area contributed by atoms with E-state index in [1.54, 1.807) is 0 Å². The average molecular weight is 327 g/mol. The van der Waals surface area contributed by atoms with Crippen LogP contribution in [-0.2, 0) is 5.88 Å². The maximum atomic E-state index is 5.95. The fourth-order valence-corrected chi connectivity index (χ4v) is 2.28. The van der Waals surface area contributed by atoms with Gasteiger partial charge in [0.05, 0.1) is 5.88 Å². The molecule has 4 heteroatoms. The minimum absolute atomic E-state index is 0.394. The van der Waals surface area contributed by atoms with Crippen molar-refractivity contribution in [1.82, 2.24) is 4.98 Å². The molecule has 0 spiro atoms. The second-order valence-corrected chi connectivity index (χ2v) is 5.24. The number of aromatic nitrogens is 1. The first-order valence-electron chi connectivity index (χ1n) is 5.56. The van der Waals surface area contributed by atoms with Gasteiger partial charge in [-0.05, 0) is 49.7 Å². The molecule has 1 aromatic heterocycles. The molecular weight excluding hydrogens is 314 g/mol. The number of hydrogen-bond donors (Lipinski definition) is 0. The highest BCUT2D eigenvalue weighted by Gasteiger charge is 2.10. The highest BCUT2D eigenvalue weighted by molar-refractivity contribution is 9.10. The molecule has 0 aliphatic carbocycles. The topological polar surface area (TPSA) is 22.1 Å². The van der Waals surface area contributed by atoms with E-state index in [4.69, 9.17) is 16.3 Å². The van der Waals surface area contributed by atoms with E-state index in [1.807, 2.05) is 44.2 Å². The molecule has 0 aliphatic rings. The Morgan fingerprint density at radius 3 is 2.50 bits per heavy atom. The van der Waals surface area contributed by atoms with E-state index >= 15 is 0 Å². The van der Waals surface area contributed by atoms with Crippen molar-refractivity contribution in [2.75, 3.05) is 0 Å². The first-order valence-corrected chi connectivity index (χ1v) is 6.89. The molecule has 0 unspecified atom stereocenters. The predicted octanol–water partition coefficient (Wildman–Crippen LogP) is 4.99. The van der Waals surface area contributed by atoms with Crippen LogP contribution < -0.4 is 4.74 Å². The highest BCUT2D eigenvalue weighted by Crippen LogP contribution is 2.28. The van der Waals surface area contributed by atoms with Crippen LogP contribution in [0.5, 0.6) is 11.6 Å². The second kappa shape index (κ2) is 5.72. The van der Waals surface area contributed by atoms with Crippen molar-refractivity contribution in [2.45, 2.75) is 19.7 Å². The van der Waals surface area contributed by atoms with Crippen molar-refractivity contribution in [1.29, 1.82) is 0 Å². The van der Waals surface area contributed by atoms with Crippen molar-refractivity contribution in [3.63, 3.8) is 0 Å². The maximum Gasteiger partial charge on any atom is 0.224 e. The van der Waals surface area contributed by atoms with Crippen LogP contribution in [0.25, 0.3) is 0 Å². The fourth-order valence-electron chi connectivity index (χ4n) is 1.69. The van der Waals surface area contributed by atoms with E-state index < -0.39 is 0 Å². The van der Waals surface area contributed by atoms with Gasteiger partial charge < -0.3 is 4.74 Å². The minimum Gasteiger partial charge on any atom is -0.439 e. The molecule has 18 heavy (non-hydrogen) atoms. The minimum atomic E-state index is 0.394. The standard InChI is InChI=1S/C14H13BrClNO/c1-9-7-10(2)17-14(13(9)8-16)18-12-5-3-11(15)4-6-12/h3-7H,8H2,1-2H3. The Labute approximate surface area is 120 Å². The molecule has 0 saturated carbocycles. The van der Waals surface area contributed by atoms with E-state index in [0.717, 1.165) is 27.0 Å². The molecular formula is C14H13BrClNO. The van der Waals surface area contributed by atoms with Gasteiger partial charge in [0.25, 0.3) is 0 Å². The third-order valence-electron chi connectivity index (χ3n) is 2.60. The van der Waals surface area contributed by atoms with Gasteiger partial charge in [-0.1, -0.05) is 15.9 Å². The molecule has 0 radical (unpaired) electrons. The first kappa shape index (κ1) is 13.4. The summed E-state index contributed by atoms with van der Waals surface area (Å²) >= 11 is 9.34. The number of rotatable bonds is 3. The van der Waals surface area contributed by atoms with Crippen LogP contribution in [0, 0.1) is 13.8 Å². The highest BCUT2D eigenvalue weighted by atomic mass is 79.9. The number of benzene rings is 1. The Kier molecular flexibility index (Phi) is 4.25. The molecule has 2 aromatic rings. The van der Waals surface area contributed by atoms with E-state index in [2.05, 4.69) is 20.9 Å². The van der Waals surface area contributed by atoms with Crippen LogP contribution in [0.3, 0.4) is 0 Å². The van der Waals surface area contributed by atoms with Gasteiger partial charge in [-0.15, -0.1) is 11.6 Å². The van der Waals surface area contributed by atoms with Crippen molar-refractivity contribution in [2.24, 2.45) is 0 Å². The van der Waals surface area contributed by atoms with Gasteiger partial charge in [-0.25, -0.2) is 4.98 Å². The molecule has 1 heterocycles. The van der Waals surface area contributed by atoms with Gasteiger partial charge in [0.1, 0.15) is 5.75 Å². The summed E-state index contributed by atoms with van der Waals surface area (Å²) in [6.07, 6.45) is 0. The van der Waals surface area contributed by atoms with E-state index in [0.29, 0.717) is 11.8 Å². The number of pyridine rings is 1. The number of hydrogen-bond acceptors (Lipinski definition) is 2. The van der Waals surface area contributed by atoms with Crippen molar-refractivity contribution in [3.8, 4) is 11.6 Å². The molecule has 94 valence electrons. The van der Waals surface area contributed by atoms with E-state index in [9.17, 15) is 0 Å². The molecule has 0 amide bonds. The lowest BCUT2D eigenvalue weighted by Crippen LogP contribution is -1.98. The molecule has 0 saturated heterocycles. The maximum absolute atomic E-state index is 5.95. The third-order valence-corrected chi connectivity index (χ3v) is 3.40. The molecule has 0 fully saturated rings.